The molecular weight excluding hydrogens is 249 g/mol. The number of hydrogen-bond donors (Lipinski definition) is 1. The van der Waals surface area contributed by atoms with Gasteiger partial charge in [-0.2, -0.15) is 0 Å². The van der Waals surface area contributed by atoms with E-state index in [-0.39, 0.29) is 10.8 Å². The third-order valence-corrected chi connectivity index (χ3v) is 2.59. The number of alkyl halides is 1. The Hall–Kier alpha value is -1.32. The molecule has 1 aromatic rings. The average Bonchev–Trinajstić information content (AvgIpc) is 2.30. The van der Waals surface area contributed by atoms with E-state index >= 15 is 0 Å². The summed E-state index contributed by atoms with van der Waals surface area (Å²) in [5, 5.41) is 10.3. The number of carbonyl (C=O) groups excluding carboxylic acids is 1. The molecule has 5 heteroatoms. The van der Waals surface area contributed by atoms with Gasteiger partial charge in [0.05, 0.1) is 6.21 Å². The van der Waals surface area contributed by atoms with Gasteiger partial charge in [0.25, 0.3) is 0 Å². The molecule has 1 unspecified atom stereocenters. The average molecular weight is 258 g/mol. The maximum absolute atomic E-state index is 11.6. The lowest BCUT2D eigenvalue weighted by molar-refractivity contribution is 0.104. The Balaban J connectivity index is 2.81. The van der Waals surface area contributed by atoms with Crippen LogP contribution in [0.3, 0.4) is 0 Å². The number of halogens is 2. The highest BCUT2D eigenvalue weighted by Crippen LogP contribution is 2.14. The highest BCUT2D eigenvalue weighted by atomic mass is 35.5. The number of benzene rings is 1. The Morgan fingerprint density at radius 2 is 2.00 bits per heavy atom. The molecular formula is C11H9Cl2NO2. The maximum atomic E-state index is 11.6. The lowest BCUT2D eigenvalue weighted by Gasteiger charge is -2.00. The minimum Gasteiger partial charge on any atom is -0.411 e. The molecule has 84 valence electrons. The fourth-order valence-corrected chi connectivity index (χ4v) is 1.29. The molecule has 1 aromatic carbocycles. The number of oxime groups is 1. The second-order valence-corrected chi connectivity index (χ2v) is 3.83. The van der Waals surface area contributed by atoms with Crippen LogP contribution in [0.1, 0.15) is 10.4 Å². The number of rotatable bonds is 4. The van der Waals surface area contributed by atoms with Gasteiger partial charge in [-0.1, -0.05) is 41.9 Å². The first-order chi connectivity index (χ1) is 7.65. The molecule has 16 heavy (non-hydrogen) atoms. The second-order valence-electron chi connectivity index (χ2n) is 2.93. The molecule has 0 spiro atoms. The van der Waals surface area contributed by atoms with E-state index < -0.39 is 5.38 Å². The van der Waals surface area contributed by atoms with Crippen LogP contribution in [-0.4, -0.2) is 22.6 Å². The molecule has 0 heterocycles. The minimum atomic E-state index is -0.806. The fourth-order valence-electron chi connectivity index (χ4n) is 1.02. The zero-order valence-corrected chi connectivity index (χ0v) is 9.69. The van der Waals surface area contributed by atoms with Gasteiger partial charge < -0.3 is 5.21 Å². The van der Waals surface area contributed by atoms with Crippen molar-refractivity contribution in [3.8, 4) is 0 Å². The van der Waals surface area contributed by atoms with E-state index in [2.05, 4.69) is 5.16 Å². The van der Waals surface area contributed by atoms with E-state index in [0.29, 0.717) is 5.56 Å². The van der Waals surface area contributed by atoms with Gasteiger partial charge in [0, 0.05) is 16.7 Å². The molecule has 0 aliphatic carbocycles. The molecule has 0 aliphatic rings. The van der Waals surface area contributed by atoms with E-state index in [1.807, 2.05) is 6.07 Å². The molecule has 1 rings (SSSR count). The Bertz CT molecular complexity index is 415. The summed E-state index contributed by atoms with van der Waals surface area (Å²) in [4.78, 5) is 11.6. The van der Waals surface area contributed by atoms with Gasteiger partial charge in [0.1, 0.15) is 5.38 Å². The molecule has 0 amide bonds. The second kappa shape index (κ2) is 6.30. The monoisotopic (exact) mass is 257 g/mol. The quantitative estimate of drug-likeness (QED) is 0.225. The predicted molar refractivity (Wildman–Crippen MR) is 64.6 cm³/mol. The van der Waals surface area contributed by atoms with Crippen molar-refractivity contribution in [2.75, 3.05) is 0 Å². The Morgan fingerprint density at radius 1 is 1.38 bits per heavy atom. The molecule has 0 saturated heterocycles. The van der Waals surface area contributed by atoms with E-state index in [0.717, 1.165) is 6.21 Å². The van der Waals surface area contributed by atoms with E-state index in [1.54, 1.807) is 24.3 Å². The van der Waals surface area contributed by atoms with Gasteiger partial charge in [0.15, 0.2) is 5.78 Å². The van der Waals surface area contributed by atoms with Gasteiger partial charge in [-0.3, -0.25) is 4.79 Å². The van der Waals surface area contributed by atoms with Crippen molar-refractivity contribution in [3.05, 3.63) is 47.0 Å². The topological polar surface area (TPSA) is 49.7 Å². The predicted octanol–water partition coefficient (Wildman–Crippen LogP) is 3.06. The van der Waals surface area contributed by atoms with Gasteiger partial charge in [-0.15, -0.1) is 16.8 Å². The normalized spacial score (nSPS) is 14.0. The fraction of sp³-hybridized carbons (Fsp3) is 0.0909. The SMILES string of the molecule is O=C(C=C(Cl)C(Cl)C=NO)c1ccccc1. The summed E-state index contributed by atoms with van der Waals surface area (Å²) in [5.74, 6) is -0.248. The van der Waals surface area contributed by atoms with Crippen LogP contribution in [0, 0.1) is 0 Å². The highest BCUT2D eigenvalue weighted by molar-refractivity contribution is 6.42. The van der Waals surface area contributed by atoms with Crippen molar-refractivity contribution in [1.82, 2.24) is 0 Å². The molecule has 3 nitrogen and oxygen atoms in total. The summed E-state index contributed by atoms with van der Waals surface area (Å²) in [5.41, 5.74) is 0.519. The van der Waals surface area contributed by atoms with Crippen LogP contribution >= 0.6 is 23.2 Å². The minimum absolute atomic E-state index is 0.105. The Kier molecular flexibility index (Phi) is 5.02. The van der Waals surface area contributed by atoms with Crippen molar-refractivity contribution < 1.29 is 10.0 Å². The Morgan fingerprint density at radius 3 is 2.56 bits per heavy atom. The summed E-state index contributed by atoms with van der Waals surface area (Å²) in [6.45, 7) is 0. The number of hydrogen-bond acceptors (Lipinski definition) is 3. The molecule has 1 N–H and O–H groups in total. The van der Waals surface area contributed by atoms with Crippen molar-refractivity contribution in [2.45, 2.75) is 5.38 Å². The van der Waals surface area contributed by atoms with E-state index in [4.69, 9.17) is 28.4 Å². The lowest BCUT2D eigenvalue weighted by atomic mass is 10.1. The van der Waals surface area contributed by atoms with Crippen LogP contribution in [0.15, 0.2) is 46.6 Å². The van der Waals surface area contributed by atoms with E-state index in [9.17, 15) is 4.79 Å². The molecule has 0 bridgehead atoms. The zero-order valence-electron chi connectivity index (χ0n) is 8.18. The van der Waals surface area contributed by atoms with Gasteiger partial charge >= 0.3 is 0 Å². The summed E-state index contributed by atoms with van der Waals surface area (Å²) in [7, 11) is 0. The molecule has 0 aliphatic heterocycles. The molecule has 0 fully saturated rings. The first kappa shape index (κ1) is 12.7. The Labute approximate surface area is 103 Å². The molecule has 1 atom stereocenters. The summed E-state index contributed by atoms with van der Waals surface area (Å²) in [6.07, 6.45) is 2.23. The van der Waals surface area contributed by atoms with Crippen LogP contribution in [0.25, 0.3) is 0 Å². The van der Waals surface area contributed by atoms with Crippen LogP contribution in [0.5, 0.6) is 0 Å². The van der Waals surface area contributed by atoms with E-state index in [1.165, 1.54) is 6.08 Å². The molecule has 0 saturated carbocycles. The molecule has 0 aromatic heterocycles. The van der Waals surface area contributed by atoms with Crippen molar-refractivity contribution in [3.63, 3.8) is 0 Å². The van der Waals surface area contributed by atoms with Crippen LogP contribution in [-0.2, 0) is 0 Å². The number of allylic oxidation sites excluding steroid dienone is 2. The van der Waals surface area contributed by atoms with Gasteiger partial charge in [-0.05, 0) is 0 Å². The zero-order chi connectivity index (χ0) is 12.0. The third kappa shape index (κ3) is 3.68. The van der Waals surface area contributed by atoms with Crippen molar-refractivity contribution in [2.24, 2.45) is 5.16 Å². The first-order valence-corrected chi connectivity index (χ1v) is 5.24. The molecule has 0 radical (unpaired) electrons. The first-order valence-electron chi connectivity index (χ1n) is 4.43. The standard InChI is InChI=1S/C11H9Cl2NO2/c12-9(10(13)7-14-16)6-11(15)8-4-2-1-3-5-8/h1-7,10,16H. The van der Waals surface area contributed by atoms with Crippen LogP contribution in [0.2, 0.25) is 0 Å². The lowest BCUT2D eigenvalue weighted by Crippen LogP contribution is -2.03. The van der Waals surface area contributed by atoms with Crippen LogP contribution in [0.4, 0.5) is 0 Å². The summed E-state index contributed by atoms with van der Waals surface area (Å²) >= 11 is 11.5. The van der Waals surface area contributed by atoms with Crippen LogP contribution < -0.4 is 0 Å². The van der Waals surface area contributed by atoms with Gasteiger partial charge in [0.2, 0.25) is 0 Å². The van der Waals surface area contributed by atoms with Crippen molar-refractivity contribution in [1.29, 1.82) is 0 Å². The smallest absolute Gasteiger partial charge is 0.187 e. The number of carbonyl (C=O) groups is 1. The largest absolute Gasteiger partial charge is 0.411 e. The number of nitrogens with zero attached hydrogens (tertiary/aromatic N) is 1. The highest BCUT2D eigenvalue weighted by Gasteiger charge is 2.09. The number of ketones is 1. The third-order valence-electron chi connectivity index (χ3n) is 1.79. The maximum Gasteiger partial charge on any atom is 0.187 e. The summed E-state index contributed by atoms with van der Waals surface area (Å²) in [6, 6.07) is 8.66. The summed E-state index contributed by atoms with van der Waals surface area (Å²) < 4.78 is 0. The van der Waals surface area contributed by atoms with Gasteiger partial charge in [-0.25, -0.2) is 0 Å². The van der Waals surface area contributed by atoms with Crippen molar-refractivity contribution >= 4 is 35.2 Å².